The molecule has 36 heavy (non-hydrogen) atoms. The van der Waals surface area contributed by atoms with Gasteiger partial charge in [-0.25, -0.2) is 0 Å². The second-order valence-electron chi connectivity index (χ2n) is 11.2. The molecule has 0 unspecified atom stereocenters. The molecule has 7 rings (SSSR count). The molecule has 2 aromatic carbocycles. The van der Waals surface area contributed by atoms with E-state index in [-0.39, 0.29) is 11.3 Å². The maximum atomic E-state index is 13.0. The van der Waals surface area contributed by atoms with Crippen LogP contribution in [0.4, 0.5) is 5.69 Å². The number of benzene rings is 2. The van der Waals surface area contributed by atoms with E-state index in [9.17, 15) is 4.79 Å². The van der Waals surface area contributed by atoms with Gasteiger partial charge in [0.1, 0.15) is 16.8 Å². The predicted octanol–water partition coefficient (Wildman–Crippen LogP) is 5.55. The summed E-state index contributed by atoms with van der Waals surface area (Å²) in [5.41, 5.74) is 4.40. The first-order valence-electron chi connectivity index (χ1n) is 13.1. The van der Waals surface area contributed by atoms with Crippen molar-refractivity contribution in [1.29, 1.82) is 0 Å². The molecule has 7 nitrogen and oxygen atoms in total. The highest BCUT2D eigenvalue weighted by Gasteiger charge is 2.51. The van der Waals surface area contributed by atoms with Gasteiger partial charge in [-0.1, -0.05) is 0 Å². The number of carbonyl (C=O) groups is 1. The van der Waals surface area contributed by atoms with E-state index in [0.29, 0.717) is 18.1 Å². The van der Waals surface area contributed by atoms with Gasteiger partial charge in [0, 0.05) is 12.1 Å². The quantitative estimate of drug-likeness (QED) is 0.430. The number of amides is 1. The van der Waals surface area contributed by atoms with Gasteiger partial charge in [0.05, 0.1) is 12.3 Å². The topological polar surface area (TPSA) is 81.1 Å². The van der Waals surface area contributed by atoms with Gasteiger partial charge in [-0.15, -0.1) is 10.2 Å². The third kappa shape index (κ3) is 4.59. The van der Waals surface area contributed by atoms with Gasteiger partial charge in [-0.05, 0) is 130 Å². The molecule has 4 bridgehead atoms. The number of nitrogens with zero attached hydrogens (tertiary/aromatic N) is 3. The van der Waals surface area contributed by atoms with Crippen LogP contribution >= 0.6 is 12.2 Å². The summed E-state index contributed by atoms with van der Waals surface area (Å²) in [5.74, 6) is 3.35. The van der Waals surface area contributed by atoms with Crippen LogP contribution in [0.3, 0.4) is 0 Å². The van der Waals surface area contributed by atoms with Crippen molar-refractivity contribution in [2.24, 2.45) is 23.2 Å². The number of anilines is 1. The van der Waals surface area contributed by atoms with Gasteiger partial charge < -0.3 is 15.4 Å². The number of nitrogens with one attached hydrogen (secondary N) is 2. The highest BCUT2D eigenvalue weighted by Crippen LogP contribution is 2.61. The molecular formula is C28H33N5O2S. The van der Waals surface area contributed by atoms with Crippen LogP contribution in [0, 0.1) is 30.1 Å². The van der Waals surface area contributed by atoms with Crippen LogP contribution in [0.1, 0.15) is 57.4 Å². The van der Waals surface area contributed by atoms with Crippen molar-refractivity contribution in [2.45, 2.75) is 58.8 Å². The number of carbonyl (C=O) groups excluding carboxylic acids is 1. The van der Waals surface area contributed by atoms with Gasteiger partial charge in [0.2, 0.25) is 5.91 Å². The lowest BCUT2D eigenvalue weighted by Crippen LogP contribution is -2.48. The summed E-state index contributed by atoms with van der Waals surface area (Å²) in [6, 6.07) is 11.6. The standard InChI is InChI=1S/C28H33N5O2S/c1-3-35-22-6-4-21(5-7-22)33-31-24-8-17(2)23(12-25(24)32-33)29-27(36)30-26(34)16-28-13-18-9-19(14-28)11-20(10-18)15-28/h4-8,12,18-20H,3,9-11,13-16H2,1-2H3,(H2,29,30,34,36). The fourth-order valence-corrected chi connectivity index (χ4v) is 7.56. The number of rotatable bonds is 6. The van der Waals surface area contributed by atoms with E-state index in [1.165, 1.54) is 38.5 Å². The van der Waals surface area contributed by atoms with Gasteiger partial charge in [-0.3, -0.25) is 4.79 Å². The van der Waals surface area contributed by atoms with Crippen molar-refractivity contribution in [2.75, 3.05) is 11.9 Å². The lowest BCUT2D eigenvalue weighted by atomic mass is 9.49. The molecule has 3 aromatic rings. The zero-order valence-electron chi connectivity index (χ0n) is 20.9. The van der Waals surface area contributed by atoms with E-state index in [0.717, 1.165) is 51.5 Å². The third-order valence-corrected chi connectivity index (χ3v) is 8.51. The Balaban J connectivity index is 1.12. The van der Waals surface area contributed by atoms with Crippen LogP contribution in [0.2, 0.25) is 0 Å². The van der Waals surface area contributed by atoms with Gasteiger partial charge in [-0.2, -0.15) is 4.80 Å². The van der Waals surface area contributed by atoms with Crippen molar-refractivity contribution in [3.63, 3.8) is 0 Å². The van der Waals surface area contributed by atoms with Crippen LogP contribution in [-0.2, 0) is 4.79 Å². The van der Waals surface area contributed by atoms with E-state index in [2.05, 4.69) is 20.8 Å². The number of thiocarbonyl (C=S) groups is 1. The molecule has 8 heteroatoms. The number of fused-ring (bicyclic) bond motifs is 1. The number of ether oxygens (including phenoxy) is 1. The fourth-order valence-electron chi connectivity index (χ4n) is 7.33. The van der Waals surface area contributed by atoms with Crippen molar-refractivity contribution >= 4 is 40.0 Å². The number of aryl methyl sites for hydroxylation is 1. The van der Waals surface area contributed by atoms with Crippen molar-refractivity contribution in [3.05, 3.63) is 42.0 Å². The molecule has 0 aliphatic heterocycles. The highest BCUT2D eigenvalue weighted by atomic mass is 32.1. The molecule has 4 aliphatic rings. The monoisotopic (exact) mass is 503 g/mol. The van der Waals surface area contributed by atoms with E-state index in [1.54, 1.807) is 4.80 Å². The third-order valence-electron chi connectivity index (χ3n) is 8.31. The average molecular weight is 504 g/mol. The SMILES string of the molecule is CCOc1ccc(-n2nc3cc(C)c(NC(=S)NC(=O)CC45CC6CC(CC(C6)C4)C5)cc3n2)cc1. The number of hydrogen-bond donors (Lipinski definition) is 2. The van der Waals surface area contributed by atoms with Crippen molar-refractivity contribution in [3.8, 4) is 11.4 Å². The largest absolute Gasteiger partial charge is 0.494 e. The molecule has 4 fully saturated rings. The smallest absolute Gasteiger partial charge is 0.226 e. The zero-order chi connectivity index (χ0) is 24.9. The van der Waals surface area contributed by atoms with E-state index >= 15 is 0 Å². The number of hydrogen-bond acceptors (Lipinski definition) is 5. The molecule has 1 aromatic heterocycles. The van der Waals surface area contributed by atoms with E-state index in [1.807, 2.05) is 50.2 Å². The second-order valence-corrected chi connectivity index (χ2v) is 11.6. The average Bonchev–Trinajstić information content (AvgIpc) is 3.21. The Morgan fingerprint density at radius 1 is 1.06 bits per heavy atom. The summed E-state index contributed by atoms with van der Waals surface area (Å²) in [4.78, 5) is 14.6. The summed E-state index contributed by atoms with van der Waals surface area (Å²) in [6.45, 7) is 4.59. The molecule has 0 saturated heterocycles. The first-order chi connectivity index (χ1) is 17.4. The minimum Gasteiger partial charge on any atom is -0.494 e. The predicted molar refractivity (Wildman–Crippen MR) is 144 cm³/mol. The Morgan fingerprint density at radius 2 is 1.67 bits per heavy atom. The molecule has 0 atom stereocenters. The van der Waals surface area contributed by atoms with Crippen molar-refractivity contribution < 1.29 is 9.53 Å². The van der Waals surface area contributed by atoms with Crippen LogP contribution in [-0.4, -0.2) is 32.6 Å². The molecule has 4 aliphatic carbocycles. The van der Waals surface area contributed by atoms with Gasteiger partial charge in [0.25, 0.3) is 0 Å². The summed E-state index contributed by atoms with van der Waals surface area (Å²) >= 11 is 5.52. The highest BCUT2D eigenvalue weighted by molar-refractivity contribution is 7.80. The first kappa shape index (κ1) is 23.4. The molecule has 1 heterocycles. The minimum atomic E-state index is 0.0367. The summed E-state index contributed by atoms with van der Waals surface area (Å²) in [5, 5.41) is 15.8. The molecule has 1 amide bonds. The zero-order valence-corrected chi connectivity index (χ0v) is 21.7. The lowest BCUT2D eigenvalue weighted by Gasteiger charge is -2.56. The van der Waals surface area contributed by atoms with Crippen LogP contribution in [0.5, 0.6) is 5.75 Å². The van der Waals surface area contributed by atoms with Crippen LogP contribution in [0.15, 0.2) is 36.4 Å². The Kier molecular flexibility index (Phi) is 5.94. The fraction of sp³-hybridized carbons (Fsp3) is 0.500. The molecule has 4 saturated carbocycles. The molecule has 188 valence electrons. The van der Waals surface area contributed by atoms with Gasteiger partial charge in [0.15, 0.2) is 5.11 Å². The van der Waals surface area contributed by atoms with Crippen LogP contribution in [0.25, 0.3) is 16.7 Å². The molecule has 0 radical (unpaired) electrons. The Hall–Kier alpha value is -3.00. The summed E-state index contributed by atoms with van der Waals surface area (Å²) in [6.07, 6.45) is 8.38. The summed E-state index contributed by atoms with van der Waals surface area (Å²) in [7, 11) is 0. The summed E-state index contributed by atoms with van der Waals surface area (Å²) < 4.78 is 5.52. The molecule has 0 spiro atoms. The molecular weight excluding hydrogens is 470 g/mol. The lowest BCUT2D eigenvalue weighted by molar-refractivity contribution is -0.127. The minimum absolute atomic E-state index is 0.0367. The van der Waals surface area contributed by atoms with E-state index in [4.69, 9.17) is 17.0 Å². The maximum absolute atomic E-state index is 13.0. The molecule has 2 N–H and O–H groups in total. The van der Waals surface area contributed by atoms with Gasteiger partial charge >= 0.3 is 0 Å². The maximum Gasteiger partial charge on any atom is 0.226 e. The van der Waals surface area contributed by atoms with E-state index < -0.39 is 0 Å². The first-order valence-corrected chi connectivity index (χ1v) is 13.5. The number of aromatic nitrogens is 3. The van der Waals surface area contributed by atoms with Crippen molar-refractivity contribution in [1.82, 2.24) is 20.3 Å². The Labute approximate surface area is 217 Å². The normalized spacial score (nSPS) is 26.2. The Bertz CT molecular complexity index is 1280. The Morgan fingerprint density at radius 3 is 2.28 bits per heavy atom. The van der Waals surface area contributed by atoms with Crippen LogP contribution < -0.4 is 15.4 Å². The second kappa shape index (κ2) is 9.14.